The molecule has 0 spiro atoms. The number of carboxylic acid groups (broad SMARTS) is 1. The predicted molar refractivity (Wildman–Crippen MR) is 149 cm³/mol. The number of aryl methyl sites for hydroxylation is 1. The van der Waals surface area contributed by atoms with E-state index >= 15 is 0 Å². The molecule has 0 bridgehead atoms. The Kier molecular flexibility index (Phi) is 8.55. The molecule has 2 aliphatic carbocycles. The first kappa shape index (κ1) is 26.6. The van der Waals surface area contributed by atoms with Gasteiger partial charge in [0, 0.05) is 43.0 Å². The van der Waals surface area contributed by atoms with Crippen molar-refractivity contribution >= 4 is 17.4 Å². The first-order chi connectivity index (χ1) is 18.5. The lowest BCUT2D eigenvalue weighted by atomic mass is 9.70. The summed E-state index contributed by atoms with van der Waals surface area (Å²) in [6.07, 6.45) is 19.5. The van der Waals surface area contributed by atoms with Crippen molar-refractivity contribution in [3.63, 3.8) is 0 Å². The topological polar surface area (TPSA) is 83.4 Å². The van der Waals surface area contributed by atoms with Crippen molar-refractivity contribution in [3.05, 3.63) is 53.9 Å². The molecule has 1 aromatic carbocycles. The van der Waals surface area contributed by atoms with Gasteiger partial charge in [-0.15, -0.1) is 0 Å². The molecule has 0 radical (unpaired) electrons. The van der Waals surface area contributed by atoms with E-state index in [4.69, 9.17) is 5.11 Å². The molecule has 1 atom stereocenters. The van der Waals surface area contributed by atoms with Gasteiger partial charge in [0.05, 0.1) is 5.92 Å². The SMILES string of the molecule is CCCC1CCC(C2CC=C(c3cnc(-c4ccc(CCC(=O)N5CC(C(=O)O)C5)cc4)nc3)CC2)CC1. The highest BCUT2D eigenvalue weighted by Crippen LogP contribution is 2.42. The number of benzene rings is 1. The number of amides is 1. The minimum atomic E-state index is -0.820. The lowest BCUT2D eigenvalue weighted by Gasteiger charge is -2.36. The van der Waals surface area contributed by atoms with Gasteiger partial charge >= 0.3 is 5.97 Å². The van der Waals surface area contributed by atoms with E-state index in [0.717, 1.165) is 46.7 Å². The summed E-state index contributed by atoms with van der Waals surface area (Å²) >= 11 is 0. The molecular formula is C32H41N3O3. The predicted octanol–water partition coefficient (Wildman–Crippen LogP) is 6.41. The second kappa shape index (κ2) is 12.2. The number of aromatic nitrogens is 2. The van der Waals surface area contributed by atoms with Gasteiger partial charge in [-0.05, 0) is 67.4 Å². The Labute approximate surface area is 226 Å². The van der Waals surface area contributed by atoms with Crippen LogP contribution in [0, 0.1) is 23.7 Å². The van der Waals surface area contributed by atoms with Crippen LogP contribution in [0.25, 0.3) is 17.0 Å². The number of carbonyl (C=O) groups is 2. The monoisotopic (exact) mass is 515 g/mol. The van der Waals surface area contributed by atoms with Gasteiger partial charge in [0.15, 0.2) is 5.82 Å². The highest BCUT2D eigenvalue weighted by Gasteiger charge is 2.35. The fraction of sp³-hybridized carbons (Fsp3) is 0.562. The van der Waals surface area contributed by atoms with Crippen molar-refractivity contribution in [1.82, 2.24) is 14.9 Å². The van der Waals surface area contributed by atoms with Gasteiger partial charge in [0.25, 0.3) is 0 Å². The van der Waals surface area contributed by atoms with Crippen LogP contribution in [0.4, 0.5) is 0 Å². The first-order valence-electron chi connectivity index (χ1n) is 14.6. The molecule has 2 fully saturated rings. The van der Waals surface area contributed by atoms with E-state index in [-0.39, 0.29) is 5.91 Å². The van der Waals surface area contributed by atoms with Crippen LogP contribution in [0.5, 0.6) is 0 Å². The van der Waals surface area contributed by atoms with Gasteiger partial charge in [-0.2, -0.15) is 0 Å². The van der Waals surface area contributed by atoms with E-state index in [0.29, 0.717) is 25.9 Å². The number of nitrogens with zero attached hydrogens (tertiary/aromatic N) is 3. The summed E-state index contributed by atoms with van der Waals surface area (Å²) in [6, 6.07) is 8.07. The highest BCUT2D eigenvalue weighted by molar-refractivity contribution is 5.81. The largest absolute Gasteiger partial charge is 0.481 e. The van der Waals surface area contributed by atoms with Crippen LogP contribution >= 0.6 is 0 Å². The first-order valence-corrected chi connectivity index (χ1v) is 14.6. The second-order valence-electron chi connectivity index (χ2n) is 11.7. The number of hydrogen-bond acceptors (Lipinski definition) is 4. The maximum atomic E-state index is 12.3. The van der Waals surface area contributed by atoms with Crippen molar-refractivity contribution in [2.24, 2.45) is 23.7 Å². The normalized spacial score (nSPS) is 24.0. The van der Waals surface area contributed by atoms with Gasteiger partial charge in [0.2, 0.25) is 5.91 Å². The summed E-state index contributed by atoms with van der Waals surface area (Å²) in [5, 5.41) is 8.97. The van der Waals surface area contributed by atoms with Gasteiger partial charge in [-0.1, -0.05) is 62.9 Å². The molecule has 202 valence electrons. The molecule has 1 saturated carbocycles. The third-order valence-corrected chi connectivity index (χ3v) is 9.15. The third-order valence-electron chi connectivity index (χ3n) is 9.15. The van der Waals surface area contributed by atoms with Crippen molar-refractivity contribution < 1.29 is 14.7 Å². The van der Waals surface area contributed by atoms with E-state index in [1.807, 2.05) is 36.7 Å². The molecule has 1 amide bonds. The number of hydrogen-bond donors (Lipinski definition) is 1. The fourth-order valence-corrected chi connectivity index (χ4v) is 6.61. The maximum Gasteiger partial charge on any atom is 0.310 e. The van der Waals surface area contributed by atoms with Crippen molar-refractivity contribution in [3.8, 4) is 11.4 Å². The summed E-state index contributed by atoms with van der Waals surface area (Å²) < 4.78 is 0. The molecule has 1 unspecified atom stereocenters. The molecule has 1 aliphatic heterocycles. The number of carbonyl (C=O) groups excluding carboxylic acids is 1. The zero-order chi connectivity index (χ0) is 26.5. The van der Waals surface area contributed by atoms with E-state index in [1.165, 1.54) is 56.9 Å². The molecule has 6 nitrogen and oxygen atoms in total. The van der Waals surface area contributed by atoms with Crippen LogP contribution in [0.15, 0.2) is 42.7 Å². The second-order valence-corrected chi connectivity index (χ2v) is 11.7. The third kappa shape index (κ3) is 6.33. The average molecular weight is 516 g/mol. The van der Waals surface area contributed by atoms with Crippen LogP contribution in [0.1, 0.15) is 82.3 Å². The summed E-state index contributed by atoms with van der Waals surface area (Å²) in [5.74, 6) is 2.26. The summed E-state index contributed by atoms with van der Waals surface area (Å²) in [7, 11) is 0. The number of rotatable bonds is 9. The minimum Gasteiger partial charge on any atom is -0.481 e. The standard InChI is InChI=1S/C32H41N3O3/c1-2-3-22-4-9-24(10-5-22)25-13-15-26(16-14-25)28-18-33-31(34-19-28)27-11-6-23(7-12-27)8-17-30(36)35-20-29(21-35)32(37)38/h6-7,11-12,15,18-19,22,24-25,29H,2-5,8-10,13-14,16-17,20-21H2,1H3,(H,37,38). The smallest absolute Gasteiger partial charge is 0.310 e. The molecule has 2 heterocycles. The Balaban J connectivity index is 1.10. The lowest BCUT2D eigenvalue weighted by Crippen LogP contribution is -2.53. The number of allylic oxidation sites excluding steroid dienone is 2. The van der Waals surface area contributed by atoms with Crippen molar-refractivity contribution in [1.29, 1.82) is 0 Å². The lowest BCUT2D eigenvalue weighted by molar-refractivity contribution is -0.152. The number of likely N-dealkylation sites (tertiary alicyclic amines) is 1. The van der Waals surface area contributed by atoms with Crippen LogP contribution in [0.3, 0.4) is 0 Å². The van der Waals surface area contributed by atoms with Crippen LogP contribution in [-0.4, -0.2) is 44.9 Å². The molecule has 1 aromatic heterocycles. The Morgan fingerprint density at radius 2 is 1.66 bits per heavy atom. The molecular weight excluding hydrogens is 474 g/mol. The van der Waals surface area contributed by atoms with Crippen LogP contribution in [-0.2, 0) is 16.0 Å². The van der Waals surface area contributed by atoms with E-state index in [9.17, 15) is 9.59 Å². The van der Waals surface area contributed by atoms with E-state index < -0.39 is 11.9 Å². The summed E-state index contributed by atoms with van der Waals surface area (Å²) in [6.45, 7) is 2.98. The maximum absolute atomic E-state index is 12.3. The zero-order valence-electron chi connectivity index (χ0n) is 22.6. The molecule has 38 heavy (non-hydrogen) atoms. The molecule has 1 N–H and O–H groups in total. The summed E-state index contributed by atoms with van der Waals surface area (Å²) in [5.41, 5.74) is 4.58. The van der Waals surface area contributed by atoms with Gasteiger partial charge < -0.3 is 10.0 Å². The van der Waals surface area contributed by atoms with Crippen molar-refractivity contribution in [2.45, 2.75) is 77.6 Å². The van der Waals surface area contributed by atoms with Crippen LogP contribution in [0.2, 0.25) is 0 Å². The molecule has 2 aromatic rings. The highest BCUT2D eigenvalue weighted by atomic mass is 16.4. The van der Waals surface area contributed by atoms with Gasteiger partial charge in [0.1, 0.15) is 0 Å². The Bertz CT molecular complexity index is 1130. The Hall–Kier alpha value is -3.02. The van der Waals surface area contributed by atoms with Gasteiger partial charge in [-0.3, -0.25) is 9.59 Å². The molecule has 6 heteroatoms. The quantitative estimate of drug-likeness (QED) is 0.417. The average Bonchev–Trinajstić information content (AvgIpc) is 2.92. The number of carboxylic acids is 1. The zero-order valence-corrected chi connectivity index (χ0v) is 22.6. The number of aliphatic carboxylic acids is 1. The fourth-order valence-electron chi connectivity index (χ4n) is 6.61. The van der Waals surface area contributed by atoms with E-state index in [2.05, 4.69) is 23.0 Å². The van der Waals surface area contributed by atoms with Gasteiger partial charge in [-0.25, -0.2) is 9.97 Å². The van der Waals surface area contributed by atoms with Crippen molar-refractivity contribution in [2.75, 3.05) is 13.1 Å². The Morgan fingerprint density at radius 1 is 0.947 bits per heavy atom. The summed E-state index contributed by atoms with van der Waals surface area (Å²) in [4.78, 5) is 34.1. The molecule has 1 saturated heterocycles. The molecule has 3 aliphatic rings. The van der Waals surface area contributed by atoms with Crippen LogP contribution < -0.4 is 0 Å². The molecule has 5 rings (SSSR count). The Morgan fingerprint density at radius 3 is 2.26 bits per heavy atom. The minimum absolute atomic E-state index is 0.0215. The van der Waals surface area contributed by atoms with E-state index in [1.54, 1.807) is 4.90 Å².